The van der Waals surface area contributed by atoms with E-state index in [0.717, 1.165) is 6.42 Å². The molecule has 4 unspecified atom stereocenters. The van der Waals surface area contributed by atoms with Gasteiger partial charge in [0.1, 0.15) is 24.4 Å². The lowest BCUT2D eigenvalue weighted by Gasteiger charge is -2.35. The minimum atomic E-state index is -1.21. The molecule has 2 N–H and O–H groups in total. The highest BCUT2D eigenvalue weighted by atomic mass is 16.5. The summed E-state index contributed by atoms with van der Waals surface area (Å²) >= 11 is 0. The van der Waals surface area contributed by atoms with Crippen LogP contribution in [-0.4, -0.2) is 78.0 Å². The molecule has 0 aromatic carbocycles. The van der Waals surface area contributed by atoms with Crippen LogP contribution in [0, 0.1) is 11.8 Å². The van der Waals surface area contributed by atoms with Gasteiger partial charge in [-0.25, -0.2) is 0 Å². The third kappa shape index (κ3) is 6.30. The monoisotopic (exact) mass is 373 g/mol. The Morgan fingerprint density at radius 2 is 1.85 bits per heavy atom. The van der Waals surface area contributed by atoms with Gasteiger partial charge >= 0.3 is 5.97 Å². The molecule has 0 aliphatic carbocycles. The zero-order valence-corrected chi connectivity index (χ0v) is 16.9. The number of rotatable bonds is 1. The number of nitrogens with zero attached hydrogens (tertiary/aromatic N) is 1. The first kappa shape index (κ1) is 23.0. The second-order valence-corrected chi connectivity index (χ2v) is 8.02. The topological polar surface area (TPSA) is 96.3 Å². The van der Waals surface area contributed by atoms with Crippen LogP contribution in [0.3, 0.4) is 0 Å². The van der Waals surface area contributed by atoms with Gasteiger partial charge in [-0.3, -0.25) is 9.59 Å². The van der Waals surface area contributed by atoms with Crippen LogP contribution in [-0.2, 0) is 19.1 Å². The molecule has 26 heavy (non-hydrogen) atoms. The van der Waals surface area contributed by atoms with Crippen LogP contribution in [0.5, 0.6) is 0 Å². The summed E-state index contributed by atoms with van der Waals surface area (Å²) in [5.41, 5.74) is -0.471. The predicted molar refractivity (Wildman–Crippen MR) is 97.7 cm³/mol. The number of esters is 1. The molecule has 0 aromatic heterocycles. The van der Waals surface area contributed by atoms with E-state index < -0.39 is 29.7 Å². The molecule has 0 saturated carbocycles. The Morgan fingerprint density at radius 1 is 1.23 bits per heavy atom. The van der Waals surface area contributed by atoms with Crippen molar-refractivity contribution in [1.82, 2.24) is 4.90 Å². The van der Waals surface area contributed by atoms with Gasteiger partial charge in [-0.1, -0.05) is 6.92 Å². The SMILES string of the molecule is CO[C@@]1(C)CCC(=O)C(C)C(=O)OCC(O)C(O)C(C)N(C)C[C@H](C)C1. The molecule has 1 saturated heterocycles. The maximum atomic E-state index is 12.3. The Morgan fingerprint density at radius 3 is 2.42 bits per heavy atom. The zero-order valence-electron chi connectivity index (χ0n) is 16.9. The highest BCUT2D eigenvalue weighted by Gasteiger charge is 2.33. The van der Waals surface area contributed by atoms with Crippen molar-refractivity contribution >= 4 is 11.8 Å². The number of carbonyl (C=O) groups excluding carboxylic acids is 2. The van der Waals surface area contributed by atoms with Gasteiger partial charge in [0, 0.05) is 26.1 Å². The molecule has 1 aliphatic rings. The van der Waals surface area contributed by atoms with Gasteiger partial charge in [0.05, 0.1) is 11.7 Å². The number of carbonyl (C=O) groups is 2. The minimum Gasteiger partial charge on any atom is -0.462 e. The number of aliphatic hydroxyl groups excluding tert-OH is 2. The van der Waals surface area contributed by atoms with Crippen LogP contribution in [0.1, 0.15) is 47.0 Å². The van der Waals surface area contributed by atoms with Crippen molar-refractivity contribution in [3.05, 3.63) is 0 Å². The van der Waals surface area contributed by atoms with Gasteiger partial charge in [-0.2, -0.15) is 0 Å². The van der Waals surface area contributed by atoms with E-state index in [1.54, 1.807) is 7.11 Å². The molecule has 0 bridgehead atoms. The lowest BCUT2D eigenvalue weighted by molar-refractivity contribution is -0.157. The van der Waals surface area contributed by atoms with Crippen molar-refractivity contribution in [2.45, 2.75) is 70.8 Å². The zero-order chi connectivity index (χ0) is 20.1. The van der Waals surface area contributed by atoms with E-state index in [2.05, 4.69) is 6.92 Å². The molecule has 152 valence electrons. The normalized spacial score (nSPS) is 39.8. The molecule has 1 fully saturated rings. The number of hydrogen-bond acceptors (Lipinski definition) is 7. The molecule has 0 aromatic rings. The summed E-state index contributed by atoms with van der Waals surface area (Å²) < 4.78 is 10.7. The number of likely N-dealkylation sites (N-methyl/N-ethyl adjacent to an activating group) is 1. The largest absolute Gasteiger partial charge is 0.462 e. The van der Waals surface area contributed by atoms with E-state index in [0.29, 0.717) is 13.0 Å². The number of ketones is 1. The van der Waals surface area contributed by atoms with Gasteiger partial charge in [0.25, 0.3) is 0 Å². The molecule has 1 aliphatic heterocycles. The van der Waals surface area contributed by atoms with Crippen LogP contribution >= 0.6 is 0 Å². The molecule has 1 rings (SSSR count). The van der Waals surface area contributed by atoms with Crippen LogP contribution in [0.25, 0.3) is 0 Å². The molecular weight excluding hydrogens is 338 g/mol. The fourth-order valence-electron chi connectivity index (χ4n) is 3.46. The average Bonchev–Trinajstić information content (AvgIpc) is 2.60. The van der Waals surface area contributed by atoms with Gasteiger partial charge in [0.2, 0.25) is 0 Å². The van der Waals surface area contributed by atoms with E-state index in [9.17, 15) is 19.8 Å². The average molecular weight is 373 g/mol. The van der Waals surface area contributed by atoms with E-state index in [1.807, 2.05) is 25.8 Å². The number of aliphatic hydroxyl groups is 2. The molecule has 7 nitrogen and oxygen atoms in total. The summed E-state index contributed by atoms with van der Waals surface area (Å²) in [4.78, 5) is 26.4. The van der Waals surface area contributed by atoms with Gasteiger partial charge < -0.3 is 24.6 Å². The first-order chi connectivity index (χ1) is 12.0. The Bertz CT molecular complexity index is 485. The second-order valence-electron chi connectivity index (χ2n) is 8.02. The summed E-state index contributed by atoms with van der Waals surface area (Å²) in [7, 11) is 3.52. The lowest BCUT2D eigenvalue weighted by Crippen LogP contribution is -2.48. The lowest BCUT2D eigenvalue weighted by atomic mass is 9.86. The summed E-state index contributed by atoms with van der Waals surface area (Å²) in [6.45, 7) is 7.77. The van der Waals surface area contributed by atoms with Crippen molar-refractivity contribution in [3.8, 4) is 0 Å². The molecule has 1 heterocycles. The Balaban J connectivity index is 3.01. The fourth-order valence-corrected chi connectivity index (χ4v) is 3.46. The second kappa shape index (κ2) is 9.78. The number of ether oxygens (including phenoxy) is 2. The van der Waals surface area contributed by atoms with Gasteiger partial charge in [-0.05, 0) is 46.6 Å². The van der Waals surface area contributed by atoms with Gasteiger partial charge in [0.15, 0.2) is 0 Å². The van der Waals surface area contributed by atoms with Crippen molar-refractivity contribution in [2.24, 2.45) is 11.8 Å². The molecular formula is C19H35NO6. The first-order valence-electron chi connectivity index (χ1n) is 9.31. The summed E-state index contributed by atoms with van der Waals surface area (Å²) in [5, 5.41) is 20.5. The van der Waals surface area contributed by atoms with Crippen LogP contribution in [0.4, 0.5) is 0 Å². The van der Waals surface area contributed by atoms with E-state index in [4.69, 9.17) is 9.47 Å². The van der Waals surface area contributed by atoms with E-state index in [1.165, 1.54) is 6.92 Å². The van der Waals surface area contributed by atoms with E-state index in [-0.39, 0.29) is 30.8 Å². The number of hydrogen-bond donors (Lipinski definition) is 2. The Hall–Kier alpha value is -1.02. The number of Topliss-reactive ketones (excluding diaryl/α,β-unsaturated/α-hetero) is 1. The summed E-state index contributed by atoms with van der Waals surface area (Å²) in [6.07, 6.45) is -0.779. The highest BCUT2D eigenvalue weighted by molar-refractivity contribution is 5.98. The maximum absolute atomic E-state index is 12.3. The number of cyclic esters (lactones) is 1. The highest BCUT2D eigenvalue weighted by Crippen LogP contribution is 2.27. The molecule has 0 amide bonds. The van der Waals surface area contributed by atoms with Crippen molar-refractivity contribution in [3.63, 3.8) is 0 Å². The van der Waals surface area contributed by atoms with Crippen LogP contribution < -0.4 is 0 Å². The maximum Gasteiger partial charge on any atom is 0.316 e. The third-order valence-corrected chi connectivity index (χ3v) is 5.59. The molecule has 0 spiro atoms. The van der Waals surface area contributed by atoms with Crippen molar-refractivity contribution in [1.29, 1.82) is 0 Å². The third-order valence-electron chi connectivity index (χ3n) is 5.59. The van der Waals surface area contributed by atoms with Crippen LogP contribution in [0.2, 0.25) is 0 Å². The number of methoxy groups -OCH3 is 1. The Kier molecular flexibility index (Phi) is 8.66. The summed E-state index contributed by atoms with van der Waals surface area (Å²) in [6, 6.07) is -0.316. The molecule has 0 radical (unpaired) electrons. The smallest absolute Gasteiger partial charge is 0.316 e. The quantitative estimate of drug-likeness (QED) is 0.523. The Labute approximate surface area is 156 Å². The van der Waals surface area contributed by atoms with Crippen molar-refractivity contribution in [2.75, 3.05) is 27.3 Å². The van der Waals surface area contributed by atoms with Crippen molar-refractivity contribution < 1.29 is 29.3 Å². The fraction of sp³-hybridized carbons (Fsp3) is 0.895. The van der Waals surface area contributed by atoms with E-state index >= 15 is 0 Å². The molecule has 7 heteroatoms. The predicted octanol–water partition coefficient (Wildman–Crippen LogP) is 1.00. The summed E-state index contributed by atoms with van der Waals surface area (Å²) in [5.74, 6) is -1.53. The molecule has 6 atom stereocenters. The first-order valence-corrected chi connectivity index (χ1v) is 9.31. The minimum absolute atomic E-state index is 0.207. The standard InChI is InChI=1S/C19H35NO6/c1-12-9-19(4,25-6)8-7-15(21)13(2)18(24)26-11-16(22)17(23)14(3)20(5)10-12/h12-14,16-17,22-23H,7-11H2,1-6H3/t12-,13?,14?,16?,17?,19+/m1/s1. The van der Waals surface area contributed by atoms with Crippen LogP contribution in [0.15, 0.2) is 0 Å². The van der Waals surface area contributed by atoms with Gasteiger partial charge in [-0.15, -0.1) is 0 Å².